The Hall–Kier alpha value is 0.430. The normalized spacial score (nSPS) is 13.6. The molecular formula is C10H24P+. The van der Waals surface area contributed by atoms with Crippen molar-refractivity contribution in [3.8, 4) is 0 Å². The van der Waals surface area contributed by atoms with Crippen molar-refractivity contribution in [2.24, 2.45) is 0 Å². The Kier molecular flexibility index (Phi) is 4.05. The average molecular weight is 175 g/mol. The van der Waals surface area contributed by atoms with Crippen molar-refractivity contribution in [2.75, 3.05) is 6.66 Å². The van der Waals surface area contributed by atoms with Gasteiger partial charge in [-0.25, -0.2) is 0 Å². The van der Waals surface area contributed by atoms with E-state index in [4.69, 9.17) is 0 Å². The van der Waals surface area contributed by atoms with Crippen molar-refractivity contribution >= 4 is 7.26 Å². The maximum Gasteiger partial charge on any atom is 0.0643 e. The molecule has 0 rings (SSSR count). The maximum absolute atomic E-state index is 2.52. The van der Waals surface area contributed by atoms with Crippen LogP contribution in [-0.4, -0.2) is 23.6 Å². The predicted octanol–water partition coefficient (Wildman–Crippen LogP) is 3.86. The second-order valence-electron chi connectivity index (χ2n) is 4.50. The molecule has 0 aromatic carbocycles. The van der Waals surface area contributed by atoms with Gasteiger partial charge >= 0.3 is 0 Å². The molecule has 0 atom stereocenters. The van der Waals surface area contributed by atoms with Crippen molar-refractivity contribution in [3.05, 3.63) is 0 Å². The highest BCUT2D eigenvalue weighted by atomic mass is 31.2. The number of hydrogen-bond acceptors (Lipinski definition) is 0. The molecule has 1 heteroatoms. The smallest absolute Gasteiger partial charge is 0.0285 e. The van der Waals surface area contributed by atoms with Crippen molar-refractivity contribution in [1.29, 1.82) is 0 Å². The Morgan fingerprint density at radius 3 is 0.818 bits per heavy atom. The minimum atomic E-state index is -0.685. The molecule has 11 heavy (non-hydrogen) atoms. The van der Waals surface area contributed by atoms with E-state index in [9.17, 15) is 0 Å². The second-order valence-corrected chi connectivity index (χ2v) is 10.0. The van der Waals surface area contributed by atoms with Crippen molar-refractivity contribution < 1.29 is 0 Å². The first-order valence-corrected chi connectivity index (χ1v) is 7.13. The quantitative estimate of drug-likeness (QED) is 0.571. The van der Waals surface area contributed by atoms with Gasteiger partial charge in [0.2, 0.25) is 0 Å². The lowest BCUT2D eigenvalue weighted by Gasteiger charge is -2.34. The third-order valence-corrected chi connectivity index (χ3v) is 10.0. The topological polar surface area (TPSA) is 0 Å². The Balaban J connectivity index is 4.53. The highest BCUT2D eigenvalue weighted by molar-refractivity contribution is 7.77. The molecule has 0 heterocycles. The van der Waals surface area contributed by atoms with E-state index in [2.05, 4.69) is 48.2 Å². The molecule has 0 fully saturated rings. The highest BCUT2D eigenvalue weighted by Gasteiger charge is 2.41. The summed E-state index contributed by atoms with van der Waals surface area (Å²) >= 11 is 0. The van der Waals surface area contributed by atoms with Crippen LogP contribution < -0.4 is 0 Å². The van der Waals surface area contributed by atoms with Gasteiger partial charge in [0.25, 0.3) is 0 Å². The van der Waals surface area contributed by atoms with Crippen molar-refractivity contribution in [1.82, 2.24) is 0 Å². The van der Waals surface area contributed by atoms with Gasteiger partial charge in [0.15, 0.2) is 0 Å². The van der Waals surface area contributed by atoms with Gasteiger partial charge in [-0.2, -0.15) is 0 Å². The molecule has 0 aliphatic heterocycles. The molecule has 0 aromatic rings. The standard InChI is InChI=1S/C10H24P/c1-8(2)11(7,9(3)4)10(5)6/h8-10H,1-7H3/q+1. The molecule has 0 saturated heterocycles. The van der Waals surface area contributed by atoms with Gasteiger partial charge in [0.1, 0.15) is 0 Å². The molecule has 0 N–H and O–H groups in total. The molecule has 0 spiro atoms. The Bertz CT molecular complexity index is 92.3. The van der Waals surface area contributed by atoms with Crippen LogP contribution in [0.3, 0.4) is 0 Å². The fraction of sp³-hybridized carbons (Fsp3) is 1.00. The van der Waals surface area contributed by atoms with Crippen LogP contribution >= 0.6 is 7.26 Å². The first-order valence-electron chi connectivity index (χ1n) is 4.69. The molecular weight excluding hydrogens is 151 g/mol. The van der Waals surface area contributed by atoms with Crippen LogP contribution in [0.5, 0.6) is 0 Å². The molecule has 0 aliphatic carbocycles. The summed E-state index contributed by atoms with van der Waals surface area (Å²) in [6.07, 6.45) is 0. The van der Waals surface area contributed by atoms with Gasteiger partial charge in [-0.1, -0.05) is 0 Å². The third-order valence-electron chi connectivity index (χ3n) is 3.34. The molecule has 68 valence electrons. The summed E-state index contributed by atoms with van der Waals surface area (Å²) < 4.78 is 0. The van der Waals surface area contributed by atoms with E-state index in [-0.39, 0.29) is 0 Å². The van der Waals surface area contributed by atoms with Gasteiger partial charge < -0.3 is 0 Å². The van der Waals surface area contributed by atoms with Crippen molar-refractivity contribution in [3.63, 3.8) is 0 Å². The van der Waals surface area contributed by atoms with E-state index in [1.807, 2.05) is 0 Å². The lowest BCUT2D eigenvalue weighted by atomic mass is 10.5. The molecule has 0 aliphatic rings. The lowest BCUT2D eigenvalue weighted by molar-refractivity contribution is 0.920. The summed E-state index contributed by atoms with van der Waals surface area (Å²) in [5.74, 6) is 0. The van der Waals surface area contributed by atoms with Gasteiger partial charge in [-0.15, -0.1) is 0 Å². The van der Waals surface area contributed by atoms with Crippen LogP contribution in [0.4, 0.5) is 0 Å². The monoisotopic (exact) mass is 175 g/mol. The van der Waals surface area contributed by atoms with E-state index in [0.29, 0.717) is 0 Å². The largest absolute Gasteiger partial charge is 0.0643 e. The fourth-order valence-electron chi connectivity index (χ4n) is 1.79. The van der Waals surface area contributed by atoms with Gasteiger partial charge in [-0.3, -0.25) is 0 Å². The van der Waals surface area contributed by atoms with Crippen LogP contribution in [0.2, 0.25) is 0 Å². The number of rotatable bonds is 3. The number of hydrogen-bond donors (Lipinski definition) is 0. The van der Waals surface area contributed by atoms with E-state index < -0.39 is 7.26 Å². The maximum atomic E-state index is 2.52. The molecule has 0 unspecified atom stereocenters. The minimum Gasteiger partial charge on any atom is -0.0285 e. The molecule has 0 aromatic heterocycles. The first kappa shape index (κ1) is 11.4. The summed E-state index contributed by atoms with van der Waals surface area (Å²) in [4.78, 5) is 0. The molecule has 0 amide bonds. The lowest BCUT2D eigenvalue weighted by Crippen LogP contribution is -2.21. The zero-order valence-electron chi connectivity index (χ0n) is 9.18. The highest BCUT2D eigenvalue weighted by Crippen LogP contribution is 2.66. The first-order chi connectivity index (χ1) is 4.83. The van der Waals surface area contributed by atoms with E-state index >= 15 is 0 Å². The molecule has 0 nitrogen and oxygen atoms in total. The summed E-state index contributed by atoms with van der Waals surface area (Å²) in [6.45, 7) is 16.8. The van der Waals surface area contributed by atoms with Crippen LogP contribution in [0.15, 0.2) is 0 Å². The van der Waals surface area contributed by atoms with Crippen LogP contribution in [0, 0.1) is 0 Å². The predicted molar refractivity (Wildman–Crippen MR) is 58.3 cm³/mol. The summed E-state index contributed by atoms with van der Waals surface area (Å²) in [5.41, 5.74) is 2.67. The van der Waals surface area contributed by atoms with Gasteiger partial charge in [-0.05, 0) is 41.5 Å². The summed E-state index contributed by atoms with van der Waals surface area (Å²) in [5, 5.41) is 0. The summed E-state index contributed by atoms with van der Waals surface area (Å²) in [6, 6.07) is 0. The molecule has 0 radical (unpaired) electrons. The zero-order chi connectivity index (χ0) is 9.23. The van der Waals surface area contributed by atoms with Crippen molar-refractivity contribution in [2.45, 2.75) is 58.5 Å². The fourth-order valence-corrected chi connectivity index (χ4v) is 5.37. The van der Waals surface area contributed by atoms with E-state index in [1.54, 1.807) is 0 Å². The average Bonchev–Trinajstić information content (AvgIpc) is 1.84. The SMILES string of the molecule is CC(C)[P+](C)(C(C)C)C(C)C. The van der Waals surface area contributed by atoms with E-state index in [0.717, 1.165) is 17.0 Å². The molecule has 0 saturated carbocycles. The van der Waals surface area contributed by atoms with Crippen LogP contribution in [-0.2, 0) is 0 Å². The Morgan fingerprint density at radius 2 is 0.818 bits per heavy atom. The summed E-state index contributed by atoms with van der Waals surface area (Å²) in [7, 11) is -0.685. The zero-order valence-corrected chi connectivity index (χ0v) is 10.1. The van der Waals surface area contributed by atoms with E-state index in [1.165, 1.54) is 0 Å². The van der Waals surface area contributed by atoms with Crippen LogP contribution in [0.25, 0.3) is 0 Å². The molecule has 0 bridgehead atoms. The third kappa shape index (κ3) is 2.18. The second kappa shape index (κ2) is 3.90. The Morgan fingerprint density at radius 1 is 0.636 bits per heavy atom. The minimum absolute atomic E-state index is 0.685. The van der Waals surface area contributed by atoms with Gasteiger partial charge in [0.05, 0.1) is 17.0 Å². The Labute approximate surface area is 73.1 Å². The van der Waals surface area contributed by atoms with Gasteiger partial charge in [0, 0.05) is 13.9 Å². The van der Waals surface area contributed by atoms with Crippen LogP contribution in [0.1, 0.15) is 41.5 Å².